The summed E-state index contributed by atoms with van der Waals surface area (Å²) in [5.74, 6) is 1.54. The molecule has 1 unspecified atom stereocenters. The zero-order valence-electron chi connectivity index (χ0n) is 14.5. The van der Waals surface area contributed by atoms with Gasteiger partial charge in [0.2, 0.25) is 5.91 Å². The number of carbonyl (C=O) groups excluding carboxylic acids is 1. The largest absolute Gasteiger partial charge is 0.356 e. The molecule has 3 N–H and O–H groups in total. The number of hydrogen-bond donors (Lipinski definition) is 3. The normalized spacial score (nSPS) is 13.1. The Balaban J connectivity index is 3.93. The van der Waals surface area contributed by atoms with Gasteiger partial charge in [-0.15, -0.1) is 0 Å². The van der Waals surface area contributed by atoms with Crippen molar-refractivity contribution in [2.45, 2.75) is 65.8 Å². The van der Waals surface area contributed by atoms with Crippen LogP contribution in [0.25, 0.3) is 0 Å². The highest BCUT2D eigenvalue weighted by Gasteiger charge is 2.07. The van der Waals surface area contributed by atoms with Gasteiger partial charge in [-0.1, -0.05) is 33.1 Å². The first-order valence-electron chi connectivity index (χ1n) is 8.27. The molecule has 0 radical (unpaired) electrons. The first-order chi connectivity index (χ1) is 10.0. The topological polar surface area (TPSA) is 65.5 Å². The minimum Gasteiger partial charge on any atom is -0.356 e. The number of nitrogens with zero attached hydrogens (tertiary/aromatic N) is 1. The molecule has 21 heavy (non-hydrogen) atoms. The Hall–Kier alpha value is -1.26. The van der Waals surface area contributed by atoms with Gasteiger partial charge in [0.25, 0.3) is 0 Å². The Bertz CT molecular complexity index is 303. The Kier molecular flexibility index (Phi) is 11.7. The maximum absolute atomic E-state index is 11.5. The molecular weight excluding hydrogens is 264 g/mol. The van der Waals surface area contributed by atoms with E-state index in [2.05, 4.69) is 34.8 Å². The fourth-order valence-corrected chi connectivity index (χ4v) is 2.09. The molecule has 124 valence electrons. The van der Waals surface area contributed by atoms with Gasteiger partial charge in [-0.05, 0) is 26.2 Å². The Morgan fingerprint density at radius 2 is 1.90 bits per heavy atom. The summed E-state index contributed by atoms with van der Waals surface area (Å²) in [4.78, 5) is 15.7. The van der Waals surface area contributed by atoms with E-state index in [0.29, 0.717) is 18.9 Å². The van der Waals surface area contributed by atoms with Gasteiger partial charge in [-0.3, -0.25) is 9.79 Å². The number of rotatable bonds is 10. The van der Waals surface area contributed by atoms with Crippen LogP contribution in [-0.2, 0) is 4.79 Å². The van der Waals surface area contributed by atoms with Crippen LogP contribution in [0.1, 0.15) is 59.8 Å². The molecule has 1 amide bonds. The molecule has 0 spiro atoms. The second-order valence-corrected chi connectivity index (χ2v) is 5.77. The zero-order chi connectivity index (χ0) is 16.1. The molecule has 5 nitrogen and oxygen atoms in total. The molecule has 0 aromatic heterocycles. The molecule has 0 fully saturated rings. The quantitative estimate of drug-likeness (QED) is 0.428. The Morgan fingerprint density at radius 1 is 1.19 bits per heavy atom. The summed E-state index contributed by atoms with van der Waals surface area (Å²) in [5.41, 5.74) is 0. The standard InChI is InChI=1S/C16H34N4O/c1-6-8-9-14(7-2)12-19-16(17-5)18-11-10-15(21)20-13(3)4/h13-14H,6-12H2,1-5H3,(H,20,21)(H2,17,18,19). The van der Waals surface area contributed by atoms with Crippen molar-refractivity contribution in [1.82, 2.24) is 16.0 Å². The third kappa shape index (κ3) is 11.1. The van der Waals surface area contributed by atoms with E-state index in [4.69, 9.17) is 0 Å². The monoisotopic (exact) mass is 298 g/mol. The Labute approximate surface area is 130 Å². The van der Waals surface area contributed by atoms with Crippen LogP contribution >= 0.6 is 0 Å². The van der Waals surface area contributed by atoms with Crippen LogP contribution in [-0.4, -0.2) is 38.0 Å². The van der Waals surface area contributed by atoms with Crippen molar-refractivity contribution in [3.05, 3.63) is 0 Å². The van der Waals surface area contributed by atoms with Crippen LogP contribution < -0.4 is 16.0 Å². The van der Waals surface area contributed by atoms with Crippen molar-refractivity contribution in [1.29, 1.82) is 0 Å². The van der Waals surface area contributed by atoms with Crippen LogP contribution in [0, 0.1) is 5.92 Å². The number of nitrogens with one attached hydrogen (secondary N) is 3. The van der Waals surface area contributed by atoms with E-state index in [1.807, 2.05) is 13.8 Å². The lowest BCUT2D eigenvalue weighted by Gasteiger charge is -2.18. The first-order valence-corrected chi connectivity index (χ1v) is 8.27. The molecule has 0 saturated heterocycles. The van der Waals surface area contributed by atoms with Crippen LogP contribution in [0.2, 0.25) is 0 Å². The number of guanidine groups is 1. The van der Waals surface area contributed by atoms with Gasteiger partial charge in [0.15, 0.2) is 5.96 Å². The van der Waals surface area contributed by atoms with E-state index in [1.54, 1.807) is 7.05 Å². The summed E-state index contributed by atoms with van der Waals surface area (Å²) in [6, 6.07) is 0.193. The summed E-state index contributed by atoms with van der Waals surface area (Å²) in [5, 5.41) is 9.42. The lowest BCUT2D eigenvalue weighted by atomic mass is 9.99. The summed E-state index contributed by atoms with van der Waals surface area (Å²) in [7, 11) is 1.76. The molecule has 0 aromatic rings. The molecule has 1 atom stereocenters. The van der Waals surface area contributed by atoms with Crippen LogP contribution in [0.3, 0.4) is 0 Å². The van der Waals surface area contributed by atoms with Gasteiger partial charge in [-0.25, -0.2) is 0 Å². The molecule has 0 heterocycles. The summed E-state index contributed by atoms with van der Waals surface area (Å²) >= 11 is 0. The summed E-state index contributed by atoms with van der Waals surface area (Å²) in [6.45, 7) is 9.93. The summed E-state index contributed by atoms with van der Waals surface area (Å²) in [6.07, 6.45) is 5.43. The first kappa shape index (κ1) is 19.7. The van der Waals surface area contributed by atoms with Crippen LogP contribution in [0.15, 0.2) is 4.99 Å². The predicted octanol–water partition coefficient (Wildman–Crippen LogP) is 2.28. The SMILES string of the molecule is CCCCC(CC)CNC(=NC)NCCC(=O)NC(C)C. The van der Waals surface area contributed by atoms with E-state index in [1.165, 1.54) is 25.7 Å². The van der Waals surface area contributed by atoms with E-state index in [-0.39, 0.29) is 11.9 Å². The second kappa shape index (κ2) is 12.5. The molecule has 0 rings (SSSR count). The molecule has 0 aliphatic carbocycles. The third-order valence-electron chi connectivity index (χ3n) is 3.42. The average Bonchev–Trinajstić information content (AvgIpc) is 2.44. The van der Waals surface area contributed by atoms with E-state index in [0.717, 1.165) is 12.5 Å². The van der Waals surface area contributed by atoms with Gasteiger partial charge in [0, 0.05) is 32.6 Å². The molecule has 0 aliphatic rings. The minimum atomic E-state index is 0.0716. The highest BCUT2D eigenvalue weighted by atomic mass is 16.1. The number of hydrogen-bond acceptors (Lipinski definition) is 2. The number of unbranched alkanes of at least 4 members (excludes halogenated alkanes) is 1. The number of aliphatic imine (C=N–C) groups is 1. The van der Waals surface area contributed by atoms with Crippen molar-refractivity contribution in [2.75, 3.05) is 20.1 Å². The molecular formula is C16H34N4O. The number of amides is 1. The molecule has 0 aromatic carbocycles. The fourth-order valence-electron chi connectivity index (χ4n) is 2.09. The zero-order valence-corrected chi connectivity index (χ0v) is 14.5. The van der Waals surface area contributed by atoms with E-state index >= 15 is 0 Å². The second-order valence-electron chi connectivity index (χ2n) is 5.77. The fraction of sp³-hybridized carbons (Fsp3) is 0.875. The van der Waals surface area contributed by atoms with Crippen molar-refractivity contribution >= 4 is 11.9 Å². The average molecular weight is 298 g/mol. The lowest BCUT2D eigenvalue weighted by Crippen LogP contribution is -2.41. The van der Waals surface area contributed by atoms with E-state index < -0.39 is 0 Å². The predicted molar refractivity (Wildman–Crippen MR) is 90.6 cm³/mol. The Morgan fingerprint density at radius 3 is 2.43 bits per heavy atom. The highest BCUT2D eigenvalue weighted by Crippen LogP contribution is 2.10. The molecule has 0 saturated carbocycles. The molecule has 5 heteroatoms. The van der Waals surface area contributed by atoms with Gasteiger partial charge >= 0.3 is 0 Å². The van der Waals surface area contributed by atoms with Crippen molar-refractivity contribution in [3.63, 3.8) is 0 Å². The highest BCUT2D eigenvalue weighted by molar-refractivity contribution is 5.81. The van der Waals surface area contributed by atoms with Crippen molar-refractivity contribution in [2.24, 2.45) is 10.9 Å². The van der Waals surface area contributed by atoms with Crippen LogP contribution in [0.4, 0.5) is 0 Å². The smallest absolute Gasteiger partial charge is 0.221 e. The van der Waals surface area contributed by atoms with Gasteiger partial charge in [0.05, 0.1) is 0 Å². The van der Waals surface area contributed by atoms with Crippen LogP contribution in [0.5, 0.6) is 0 Å². The third-order valence-corrected chi connectivity index (χ3v) is 3.42. The van der Waals surface area contributed by atoms with E-state index in [9.17, 15) is 4.79 Å². The molecule has 0 bridgehead atoms. The lowest BCUT2D eigenvalue weighted by molar-refractivity contribution is -0.121. The minimum absolute atomic E-state index is 0.0716. The number of carbonyl (C=O) groups is 1. The van der Waals surface area contributed by atoms with Gasteiger partial charge < -0.3 is 16.0 Å². The van der Waals surface area contributed by atoms with Crippen molar-refractivity contribution in [3.8, 4) is 0 Å². The van der Waals surface area contributed by atoms with Gasteiger partial charge in [-0.2, -0.15) is 0 Å². The van der Waals surface area contributed by atoms with Gasteiger partial charge in [0.1, 0.15) is 0 Å². The van der Waals surface area contributed by atoms with Crippen molar-refractivity contribution < 1.29 is 4.79 Å². The maximum Gasteiger partial charge on any atom is 0.221 e. The maximum atomic E-state index is 11.5. The summed E-state index contributed by atoms with van der Waals surface area (Å²) < 4.78 is 0. The molecule has 0 aliphatic heterocycles.